The Morgan fingerprint density at radius 3 is 2.48 bits per heavy atom. The topological polar surface area (TPSA) is 85.2 Å². The summed E-state index contributed by atoms with van der Waals surface area (Å²) in [4.78, 5) is 26.2. The largest absolute Gasteiger partial charge is 0.347 e. The van der Waals surface area contributed by atoms with Crippen LogP contribution in [0.1, 0.15) is 42.3 Å². The fraction of sp³-hybridized carbons (Fsp3) is 0.286. The fourth-order valence-electron chi connectivity index (χ4n) is 2.45. The van der Waals surface area contributed by atoms with Gasteiger partial charge in [0.1, 0.15) is 0 Å². The predicted molar refractivity (Wildman–Crippen MR) is 105 cm³/mol. The maximum atomic E-state index is 12.4. The number of nitrogens with one attached hydrogen (secondary N) is 2. The van der Waals surface area contributed by atoms with Gasteiger partial charge in [0.2, 0.25) is 0 Å². The molecule has 0 atom stereocenters. The van der Waals surface area contributed by atoms with Crippen molar-refractivity contribution in [3.63, 3.8) is 0 Å². The molecule has 0 bridgehead atoms. The summed E-state index contributed by atoms with van der Waals surface area (Å²) in [5.41, 5.74) is 2.10. The second kappa shape index (κ2) is 8.37. The predicted octanol–water partition coefficient (Wildman–Crippen LogP) is 3.75. The van der Waals surface area contributed by atoms with E-state index in [9.17, 15) is 9.59 Å². The van der Waals surface area contributed by atoms with Gasteiger partial charge < -0.3 is 15.5 Å². The number of rotatable bonds is 4. The molecule has 27 heavy (non-hydrogen) atoms. The molecule has 2 aromatic rings. The van der Waals surface area contributed by atoms with Crippen molar-refractivity contribution in [3.05, 3.63) is 65.2 Å². The second-order valence-corrected chi connectivity index (χ2v) is 7.38. The molecular weight excluding hydrogens is 340 g/mol. The quantitative estimate of drug-likeness (QED) is 0.866. The van der Waals surface area contributed by atoms with Crippen molar-refractivity contribution < 1.29 is 9.59 Å². The fourth-order valence-corrected chi connectivity index (χ4v) is 2.45. The zero-order valence-electron chi connectivity index (χ0n) is 16.0. The van der Waals surface area contributed by atoms with Crippen molar-refractivity contribution in [2.24, 2.45) is 0 Å². The van der Waals surface area contributed by atoms with Crippen molar-refractivity contribution in [2.75, 3.05) is 12.4 Å². The van der Waals surface area contributed by atoms with Crippen molar-refractivity contribution in [2.45, 2.75) is 32.9 Å². The van der Waals surface area contributed by atoms with Crippen LogP contribution in [-0.2, 0) is 6.54 Å². The van der Waals surface area contributed by atoms with E-state index in [-0.39, 0.29) is 17.5 Å². The van der Waals surface area contributed by atoms with Gasteiger partial charge in [-0.1, -0.05) is 18.2 Å². The lowest BCUT2D eigenvalue weighted by molar-refractivity contribution is 0.0919. The van der Waals surface area contributed by atoms with Crippen LogP contribution in [0.3, 0.4) is 0 Å². The Morgan fingerprint density at radius 2 is 1.81 bits per heavy atom. The van der Waals surface area contributed by atoms with E-state index in [4.69, 9.17) is 5.26 Å². The van der Waals surface area contributed by atoms with Crippen LogP contribution in [0.5, 0.6) is 0 Å². The zero-order valence-corrected chi connectivity index (χ0v) is 16.0. The number of carbonyl (C=O) groups excluding carboxylic acids is 2. The van der Waals surface area contributed by atoms with Gasteiger partial charge in [-0.05, 0) is 56.7 Å². The molecule has 140 valence electrons. The average Bonchev–Trinajstić information content (AvgIpc) is 2.60. The Balaban J connectivity index is 2.03. The molecule has 6 heteroatoms. The molecule has 0 saturated heterocycles. The van der Waals surface area contributed by atoms with Crippen LogP contribution in [0.4, 0.5) is 10.5 Å². The number of anilines is 1. The Labute approximate surface area is 159 Å². The summed E-state index contributed by atoms with van der Waals surface area (Å²) in [6.07, 6.45) is 0. The molecule has 0 aromatic heterocycles. The van der Waals surface area contributed by atoms with Gasteiger partial charge in [0, 0.05) is 30.4 Å². The van der Waals surface area contributed by atoms with E-state index in [1.165, 1.54) is 4.90 Å². The van der Waals surface area contributed by atoms with Crippen LogP contribution in [0.15, 0.2) is 48.5 Å². The Morgan fingerprint density at radius 1 is 1.11 bits per heavy atom. The summed E-state index contributed by atoms with van der Waals surface area (Å²) in [6, 6.07) is 15.7. The lowest BCUT2D eigenvalue weighted by atomic mass is 10.1. The lowest BCUT2D eigenvalue weighted by Gasteiger charge is -2.21. The SMILES string of the molecule is CN(Cc1cccc(C#N)c1)C(=O)Nc1cccc(C(=O)NC(C)(C)C)c1. The van der Waals surface area contributed by atoms with E-state index in [2.05, 4.69) is 16.7 Å². The van der Waals surface area contributed by atoms with Gasteiger partial charge in [-0.15, -0.1) is 0 Å². The summed E-state index contributed by atoms with van der Waals surface area (Å²) >= 11 is 0. The van der Waals surface area contributed by atoms with E-state index < -0.39 is 0 Å². The Kier molecular flexibility index (Phi) is 6.19. The van der Waals surface area contributed by atoms with E-state index >= 15 is 0 Å². The molecule has 0 heterocycles. The van der Waals surface area contributed by atoms with E-state index in [1.54, 1.807) is 49.5 Å². The van der Waals surface area contributed by atoms with Crippen LogP contribution >= 0.6 is 0 Å². The number of nitrogens with zero attached hydrogens (tertiary/aromatic N) is 2. The number of hydrogen-bond donors (Lipinski definition) is 2. The molecule has 2 N–H and O–H groups in total. The van der Waals surface area contributed by atoms with Crippen LogP contribution in [-0.4, -0.2) is 29.4 Å². The summed E-state index contributed by atoms with van der Waals surface area (Å²) in [5.74, 6) is -0.194. The van der Waals surface area contributed by atoms with Gasteiger partial charge in [0.25, 0.3) is 5.91 Å². The standard InChI is InChI=1S/C21H24N4O2/c1-21(2,3)24-19(26)17-9-6-10-18(12-17)23-20(27)25(4)14-16-8-5-7-15(11-16)13-22/h5-12H,14H2,1-4H3,(H,23,27)(H,24,26). The molecular formula is C21H24N4O2. The molecule has 6 nitrogen and oxygen atoms in total. The molecule has 0 fully saturated rings. The van der Waals surface area contributed by atoms with Crippen molar-refractivity contribution in [1.29, 1.82) is 5.26 Å². The summed E-state index contributed by atoms with van der Waals surface area (Å²) < 4.78 is 0. The van der Waals surface area contributed by atoms with E-state index in [0.29, 0.717) is 23.4 Å². The third-order valence-corrected chi connectivity index (χ3v) is 3.69. The van der Waals surface area contributed by atoms with Crippen molar-refractivity contribution >= 4 is 17.6 Å². The van der Waals surface area contributed by atoms with Gasteiger partial charge in [-0.3, -0.25) is 4.79 Å². The molecule has 0 radical (unpaired) electrons. The van der Waals surface area contributed by atoms with Crippen LogP contribution in [0.2, 0.25) is 0 Å². The summed E-state index contributed by atoms with van der Waals surface area (Å²) in [7, 11) is 1.67. The highest BCUT2D eigenvalue weighted by Gasteiger charge is 2.16. The highest BCUT2D eigenvalue weighted by Crippen LogP contribution is 2.14. The molecule has 0 unspecified atom stereocenters. The van der Waals surface area contributed by atoms with Gasteiger partial charge in [0.15, 0.2) is 0 Å². The van der Waals surface area contributed by atoms with E-state index in [0.717, 1.165) is 5.56 Å². The third-order valence-electron chi connectivity index (χ3n) is 3.69. The number of amides is 3. The van der Waals surface area contributed by atoms with Crippen LogP contribution < -0.4 is 10.6 Å². The molecule has 3 amide bonds. The highest BCUT2D eigenvalue weighted by molar-refractivity contribution is 5.97. The molecule has 0 aliphatic carbocycles. The van der Waals surface area contributed by atoms with Gasteiger partial charge in [-0.2, -0.15) is 5.26 Å². The second-order valence-electron chi connectivity index (χ2n) is 7.38. The monoisotopic (exact) mass is 364 g/mol. The van der Waals surface area contributed by atoms with Gasteiger partial charge >= 0.3 is 6.03 Å². The number of urea groups is 1. The highest BCUT2D eigenvalue weighted by atomic mass is 16.2. The van der Waals surface area contributed by atoms with E-state index in [1.807, 2.05) is 26.8 Å². The molecule has 2 aromatic carbocycles. The zero-order chi connectivity index (χ0) is 20.0. The summed E-state index contributed by atoms with van der Waals surface area (Å²) in [5, 5.41) is 14.7. The minimum atomic E-state index is -0.339. The minimum Gasteiger partial charge on any atom is -0.347 e. The van der Waals surface area contributed by atoms with Crippen LogP contribution in [0, 0.1) is 11.3 Å². The molecule has 0 aliphatic heterocycles. The average molecular weight is 364 g/mol. The molecule has 0 spiro atoms. The van der Waals surface area contributed by atoms with Crippen LogP contribution in [0.25, 0.3) is 0 Å². The number of nitriles is 1. The van der Waals surface area contributed by atoms with Gasteiger partial charge in [0.05, 0.1) is 11.6 Å². The van der Waals surface area contributed by atoms with Gasteiger partial charge in [-0.25, -0.2) is 4.79 Å². The third kappa shape index (κ3) is 6.15. The first-order valence-electron chi connectivity index (χ1n) is 8.62. The lowest BCUT2D eigenvalue weighted by Crippen LogP contribution is -2.40. The molecule has 0 aliphatic rings. The minimum absolute atomic E-state index is 0.194. The Hall–Kier alpha value is -3.33. The molecule has 0 saturated carbocycles. The first-order chi connectivity index (χ1) is 12.7. The maximum Gasteiger partial charge on any atom is 0.321 e. The van der Waals surface area contributed by atoms with Crippen molar-refractivity contribution in [3.8, 4) is 6.07 Å². The number of carbonyl (C=O) groups is 2. The smallest absolute Gasteiger partial charge is 0.321 e. The number of benzene rings is 2. The molecule has 2 rings (SSSR count). The first kappa shape index (κ1) is 20.0. The maximum absolute atomic E-state index is 12.4. The number of hydrogen-bond acceptors (Lipinski definition) is 3. The first-order valence-corrected chi connectivity index (χ1v) is 8.62. The van der Waals surface area contributed by atoms with Crippen molar-refractivity contribution in [1.82, 2.24) is 10.2 Å². The normalized spacial score (nSPS) is 10.6. The summed E-state index contributed by atoms with van der Waals surface area (Å²) in [6.45, 7) is 6.10. The Bertz CT molecular complexity index is 878.